The lowest BCUT2D eigenvalue weighted by Gasteiger charge is -2.34. The molecular weight excluding hydrogens is 348 g/mol. The lowest BCUT2D eigenvalue weighted by Crippen LogP contribution is -2.21. The van der Waals surface area contributed by atoms with Crippen LogP contribution in [0, 0.1) is 11.8 Å². The van der Waals surface area contributed by atoms with Crippen molar-refractivity contribution < 1.29 is 14.3 Å². The average molecular weight is 381 g/mol. The Morgan fingerprint density at radius 1 is 0.964 bits per heavy atom. The van der Waals surface area contributed by atoms with Crippen molar-refractivity contribution >= 4 is 5.97 Å². The molecule has 0 bridgehead atoms. The van der Waals surface area contributed by atoms with Crippen LogP contribution in [0.25, 0.3) is 0 Å². The molecule has 150 valence electrons. The summed E-state index contributed by atoms with van der Waals surface area (Å²) >= 11 is 0. The van der Waals surface area contributed by atoms with E-state index in [2.05, 4.69) is 26.0 Å². The van der Waals surface area contributed by atoms with Crippen LogP contribution >= 0.6 is 0 Å². The first kappa shape index (κ1) is 20.4. The van der Waals surface area contributed by atoms with Crippen LogP contribution in [0.3, 0.4) is 0 Å². The van der Waals surface area contributed by atoms with Crippen molar-refractivity contribution in [3.8, 4) is 11.5 Å². The van der Waals surface area contributed by atoms with Crippen molar-refractivity contribution in [3.05, 3.63) is 59.7 Å². The Hall–Kier alpha value is -2.29. The predicted molar refractivity (Wildman–Crippen MR) is 113 cm³/mol. The Labute approximate surface area is 169 Å². The molecular formula is C25H32O3. The fourth-order valence-electron chi connectivity index (χ4n) is 4.39. The summed E-state index contributed by atoms with van der Waals surface area (Å²) in [5.74, 6) is 3.25. The number of rotatable bonds is 7. The second-order valence-electron chi connectivity index (χ2n) is 7.95. The summed E-state index contributed by atoms with van der Waals surface area (Å²) in [7, 11) is 0. The molecule has 1 aliphatic carbocycles. The van der Waals surface area contributed by atoms with Gasteiger partial charge in [-0.2, -0.15) is 0 Å². The molecule has 0 N–H and O–H groups in total. The minimum absolute atomic E-state index is 0.323. The highest BCUT2D eigenvalue weighted by Gasteiger charge is 2.27. The van der Waals surface area contributed by atoms with Crippen LogP contribution in [-0.4, -0.2) is 12.6 Å². The molecule has 28 heavy (non-hydrogen) atoms. The van der Waals surface area contributed by atoms with Crippen LogP contribution in [-0.2, 0) is 0 Å². The molecule has 3 heteroatoms. The van der Waals surface area contributed by atoms with Crippen molar-refractivity contribution in [2.75, 3.05) is 6.61 Å². The number of carbonyl (C=O) groups is 1. The SMILES string of the molecule is CCC[C@@H]1CC[C@H](c2ccc(C(=O)Oc3ccc(OCC)cc3)cc2)C[C@H]1C. The van der Waals surface area contributed by atoms with E-state index in [-0.39, 0.29) is 5.97 Å². The van der Waals surface area contributed by atoms with Gasteiger partial charge in [-0.05, 0) is 85.9 Å². The molecule has 0 saturated heterocycles. The van der Waals surface area contributed by atoms with E-state index in [0.29, 0.717) is 23.8 Å². The van der Waals surface area contributed by atoms with Gasteiger partial charge in [0.05, 0.1) is 12.2 Å². The monoisotopic (exact) mass is 380 g/mol. The van der Waals surface area contributed by atoms with Gasteiger partial charge in [-0.15, -0.1) is 0 Å². The van der Waals surface area contributed by atoms with Gasteiger partial charge in [0.1, 0.15) is 11.5 Å². The normalized spacial score (nSPS) is 21.9. The molecule has 0 heterocycles. The van der Waals surface area contributed by atoms with Crippen LogP contribution in [0.1, 0.15) is 74.7 Å². The average Bonchev–Trinajstić information content (AvgIpc) is 2.71. The molecule has 0 amide bonds. The van der Waals surface area contributed by atoms with Gasteiger partial charge in [0, 0.05) is 0 Å². The highest BCUT2D eigenvalue weighted by atomic mass is 16.5. The smallest absolute Gasteiger partial charge is 0.343 e. The van der Waals surface area contributed by atoms with Crippen LogP contribution in [0.15, 0.2) is 48.5 Å². The number of hydrogen-bond donors (Lipinski definition) is 0. The van der Waals surface area contributed by atoms with E-state index in [9.17, 15) is 4.79 Å². The third-order valence-corrected chi connectivity index (χ3v) is 5.97. The first-order chi connectivity index (χ1) is 13.6. The van der Waals surface area contributed by atoms with Gasteiger partial charge in [-0.1, -0.05) is 38.8 Å². The van der Waals surface area contributed by atoms with Crippen molar-refractivity contribution in [1.82, 2.24) is 0 Å². The molecule has 0 aromatic heterocycles. The standard InChI is InChI=1S/C25H32O3/c1-4-6-19-7-12-22(17-18(19)3)20-8-10-21(11-9-20)25(26)28-24-15-13-23(14-16-24)27-5-2/h8-11,13-16,18-19,22H,4-7,12,17H2,1-3H3/t18-,19-,22+/m1/s1. The Morgan fingerprint density at radius 3 is 2.25 bits per heavy atom. The van der Waals surface area contributed by atoms with Gasteiger partial charge in [0.25, 0.3) is 0 Å². The van der Waals surface area contributed by atoms with Crippen LogP contribution in [0.2, 0.25) is 0 Å². The number of hydrogen-bond acceptors (Lipinski definition) is 3. The van der Waals surface area contributed by atoms with Crippen molar-refractivity contribution in [1.29, 1.82) is 0 Å². The van der Waals surface area contributed by atoms with Crippen molar-refractivity contribution in [2.45, 2.75) is 58.8 Å². The number of benzene rings is 2. The topological polar surface area (TPSA) is 35.5 Å². The lowest BCUT2D eigenvalue weighted by atomic mass is 9.71. The summed E-state index contributed by atoms with van der Waals surface area (Å²) in [6.07, 6.45) is 6.46. The fourth-order valence-corrected chi connectivity index (χ4v) is 4.39. The molecule has 2 aromatic rings. The molecule has 1 saturated carbocycles. The predicted octanol–water partition coefficient (Wildman–Crippen LogP) is 6.62. The largest absolute Gasteiger partial charge is 0.494 e. The summed E-state index contributed by atoms with van der Waals surface area (Å²) in [6.45, 7) is 7.23. The summed E-state index contributed by atoms with van der Waals surface area (Å²) in [5.41, 5.74) is 1.93. The summed E-state index contributed by atoms with van der Waals surface area (Å²) in [5, 5.41) is 0. The van der Waals surface area contributed by atoms with Crippen molar-refractivity contribution in [3.63, 3.8) is 0 Å². The zero-order valence-corrected chi connectivity index (χ0v) is 17.3. The first-order valence-electron chi connectivity index (χ1n) is 10.7. The maximum Gasteiger partial charge on any atom is 0.343 e. The van der Waals surface area contributed by atoms with E-state index in [1.807, 2.05) is 31.2 Å². The van der Waals surface area contributed by atoms with E-state index in [1.54, 1.807) is 12.1 Å². The van der Waals surface area contributed by atoms with Crippen LogP contribution < -0.4 is 9.47 Å². The lowest BCUT2D eigenvalue weighted by molar-refractivity contribution is 0.0734. The zero-order valence-electron chi connectivity index (χ0n) is 17.3. The molecule has 2 aromatic carbocycles. The molecule has 1 aliphatic rings. The molecule has 0 unspecified atom stereocenters. The van der Waals surface area contributed by atoms with E-state index in [1.165, 1.54) is 37.7 Å². The first-order valence-corrected chi connectivity index (χ1v) is 10.7. The van der Waals surface area contributed by atoms with Gasteiger partial charge < -0.3 is 9.47 Å². The molecule has 3 atom stereocenters. The number of esters is 1. The highest BCUT2D eigenvalue weighted by Crippen LogP contribution is 2.41. The Balaban J connectivity index is 1.58. The quantitative estimate of drug-likeness (QED) is 0.400. The molecule has 0 radical (unpaired) electrons. The molecule has 0 spiro atoms. The number of carbonyl (C=O) groups excluding carboxylic acids is 1. The van der Waals surface area contributed by atoms with Gasteiger partial charge in [-0.3, -0.25) is 0 Å². The highest BCUT2D eigenvalue weighted by molar-refractivity contribution is 5.91. The minimum atomic E-state index is -0.323. The molecule has 3 rings (SSSR count). The van der Waals surface area contributed by atoms with Crippen molar-refractivity contribution in [2.24, 2.45) is 11.8 Å². The van der Waals surface area contributed by atoms with Crippen LogP contribution in [0.5, 0.6) is 11.5 Å². The Kier molecular flexibility index (Phi) is 7.13. The minimum Gasteiger partial charge on any atom is -0.494 e. The van der Waals surface area contributed by atoms with Gasteiger partial charge in [-0.25, -0.2) is 4.79 Å². The van der Waals surface area contributed by atoms with E-state index in [4.69, 9.17) is 9.47 Å². The maximum atomic E-state index is 12.4. The summed E-state index contributed by atoms with van der Waals surface area (Å²) in [4.78, 5) is 12.4. The second kappa shape index (κ2) is 9.77. The third-order valence-electron chi connectivity index (χ3n) is 5.97. The fraction of sp³-hybridized carbons (Fsp3) is 0.480. The second-order valence-corrected chi connectivity index (χ2v) is 7.95. The molecule has 0 aliphatic heterocycles. The maximum absolute atomic E-state index is 12.4. The zero-order chi connectivity index (χ0) is 19.9. The van der Waals surface area contributed by atoms with Crippen LogP contribution in [0.4, 0.5) is 0 Å². The van der Waals surface area contributed by atoms with E-state index < -0.39 is 0 Å². The Morgan fingerprint density at radius 2 is 1.64 bits per heavy atom. The van der Waals surface area contributed by atoms with Gasteiger partial charge in [0.2, 0.25) is 0 Å². The van der Waals surface area contributed by atoms with Gasteiger partial charge in [0.15, 0.2) is 0 Å². The van der Waals surface area contributed by atoms with E-state index >= 15 is 0 Å². The van der Waals surface area contributed by atoms with Gasteiger partial charge >= 0.3 is 5.97 Å². The summed E-state index contributed by atoms with van der Waals surface area (Å²) in [6, 6.07) is 15.1. The van der Waals surface area contributed by atoms with E-state index in [0.717, 1.165) is 17.6 Å². The third kappa shape index (κ3) is 5.15. The Bertz CT molecular complexity index is 748. The summed E-state index contributed by atoms with van der Waals surface area (Å²) < 4.78 is 10.9. The number of ether oxygens (including phenoxy) is 2. The molecule has 3 nitrogen and oxygen atoms in total. The molecule has 1 fully saturated rings.